The summed E-state index contributed by atoms with van der Waals surface area (Å²) in [5, 5.41) is -0.234. The molecule has 4 nitrogen and oxygen atoms in total. The average Bonchev–Trinajstić information content (AvgIpc) is 2.82. The Morgan fingerprint density at radius 1 is 1.12 bits per heavy atom. The molecular formula is C17H16Cl2FNO3. The number of Topliss-reactive ketones (excluding diaryl/α,β-unsaturated/α-hetero) is 1. The van der Waals surface area contributed by atoms with Crippen LogP contribution >= 0.6 is 23.2 Å². The number of ether oxygens (including phenoxy) is 1. The maximum atomic E-state index is 13.5. The van der Waals surface area contributed by atoms with Gasteiger partial charge in [0.1, 0.15) is 5.82 Å². The predicted molar refractivity (Wildman–Crippen MR) is 90.6 cm³/mol. The van der Waals surface area contributed by atoms with Crippen molar-refractivity contribution in [2.75, 3.05) is 6.61 Å². The van der Waals surface area contributed by atoms with Crippen LogP contribution in [0.3, 0.4) is 0 Å². The van der Waals surface area contributed by atoms with Crippen LogP contribution in [0.1, 0.15) is 39.0 Å². The van der Waals surface area contributed by atoms with Gasteiger partial charge in [0.05, 0.1) is 15.6 Å². The predicted octanol–water partition coefficient (Wildman–Crippen LogP) is 4.61. The molecule has 0 atom stereocenters. The molecular weight excluding hydrogens is 356 g/mol. The first-order valence-electron chi connectivity index (χ1n) is 7.27. The Hall–Kier alpha value is -1.85. The second kappa shape index (κ2) is 7.36. The van der Waals surface area contributed by atoms with Gasteiger partial charge >= 0.3 is 5.97 Å². The van der Waals surface area contributed by atoms with Crippen molar-refractivity contribution in [2.45, 2.75) is 27.3 Å². The Labute approximate surface area is 149 Å². The van der Waals surface area contributed by atoms with E-state index in [1.165, 1.54) is 0 Å². The number of aromatic nitrogens is 1. The first kappa shape index (κ1) is 18.5. The van der Waals surface area contributed by atoms with E-state index in [1.54, 1.807) is 6.07 Å². The highest BCUT2D eigenvalue weighted by Crippen LogP contribution is 2.25. The maximum Gasteiger partial charge on any atom is 0.340 e. The molecule has 0 aliphatic heterocycles. The highest BCUT2D eigenvalue weighted by atomic mass is 35.5. The lowest BCUT2D eigenvalue weighted by Crippen LogP contribution is -2.15. The zero-order valence-corrected chi connectivity index (χ0v) is 15.0. The van der Waals surface area contributed by atoms with Crippen LogP contribution in [0.5, 0.6) is 0 Å². The number of carbonyl (C=O) groups is 2. The third kappa shape index (κ3) is 3.62. The molecule has 0 aliphatic rings. The van der Waals surface area contributed by atoms with Gasteiger partial charge in [-0.15, -0.1) is 0 Å². The van der Waals surface area contributed by atoms with E-state index in [0.29, 0.717) is 5.56 Å². The highest BCUT2D eigenvalue weighted by molar-refractivity contribution is 6.36. The number of hydrogen-bond acceptors (Lipinski definition) is 3. The second-order valence-corrected chi connectivity index (χ2v) is 6.09. The largest absolute Gasteiger partial charge is 0.454 e. The standard InChI is InChI=1S/C17H16Cl2FNO3/c1-4-21-9(2)5-11(10(21)3)16(22)8-24-17(23)12-6-15(20)14(19)7-13(12)18/h5-7H,4,8H2,1-3H3. The summed E-state index contributed by atoms with van der Waals surface area (Å²) >= 11 is 11.4. The zero-order valence-electron chi connectivity index (χ0n) is 13.5. The minimum atomic E-state index is -0.881. The number of halogens is 3. The fourth-order valence-electron chi connectivity index (χ4n) is 2.54. The first-order chi connectivity index (χ1) is 11.3. The van der Waals surface area contributed by atoms with Crippen molar-refractivity contribution in [2.24, 2.45) is 0 Å². The Morgan fingerprint density at radius 3 is 2.38 bits per heavy atom. The zero-order chi connectivity index (χ0) is 18.0. The van der Waals surface area contributed by atoms with Crippen molar-refractivity contribution in [1.82, 2.24) is 4.57 Å². The smallest absolute Gasteiger partial charge is 0.340 e. The topological polar surface area (TPSA) is 48.3 Å². The van der Waals surface area contributed by atoms with Gasteiger partial charge < -0.3 is 9.30 Å². The van der Waals surface area contributed by atoms with E-state index < -0.39 is 18.4 Å². The van der Waals surface area contributed by atoms with E-state index >= 15 is 0 Å². The van der Waals surface area contributed by atoms with Crippen LogP contribution in [0.15, 0.2) is 18.2 Å². The summed E-state index contributed by atoms with van der Waals surface area (Å²) in [5.41, 5.74) is 2.08. The molecule has 0 bridgehead atoms. The Balaban J connectivity index is 2.12. The molecule has 0 saturated heterocycles. The van der Waals surface area contributed by atoms with Crippen LogP contribution in [0.2, 0.25) is 10.0 Å². The lowest BCUT2D eigenvalue weighted by Gasteiger charge is -2.08. The monoisotopic (exact) mass is 371 g/mol. The minimum Gasteiger partial charge on any atom is -0.454 e. The van der Waals surface area contributed by atoms with E-state index in [4.69, 9.17) is 27.9 Å². The van der Waals surface area contributed by atoms with Crippen molar-refractivity contribution in [3.05, 3.63) is 56.6 Å². The van der Waals surface area contributed by atoms with E-state index in [9.17, 15) is 14.0 Å². The van der Waals surface area contributed by atoms with Crippen LogP contribution < -0.4 is 0 Å². The third-order valence-corrected chi connectivity index (χ3v) is 4.36. The minimum absolute atomic E-state index is 0.0389. The van der Waals surface area contributed by atoms with Crippen molar-refractivity contribution >= 4 is 35.0 Å². The Morgan fingerprint density at radius 2 is 1.79 bits per heavy atom. The SMILES string of the molecule is CCn1c(C)cc(C(=O)COC(=O)c2cc(F)c(Cl)cc2Cl)c1C. The Bertz CT molecular complexity index is 815. The van der Waals surface area contributed by atoms with Crippen LogP contribution in [0.25, 0.3) is 0 Å². The molecule has 0 fully saturated rings. The molecule has 0 aliphatic carbocycles. The molecule has 24 heavy (non-hydrogen) atoms. The number of carbonyl (C=O) groups excluding carboxylic acids is 2. The number of aryl methyl sites for hydroxylation is 1. The number of esters is 1. The van der Waals surface area contributed by atoms with Gasteiger partial charge in [-0.1, -0.05) is 23.2 Å². The van der Waals surface area contributed by atoms with Crippen molar-refractivity contribution in [1.29, 1.82) is 0 Å². The maximum absolute atomic E-state index is 13.5. The van der Waals surface area contributed by atoms with Crippen LogP contribution in [0, 0.1) is 19.7 Å². The van der Waals surface area contributed by atoms with Crippen LogP contribution in [-0.2, 0) is 11.3 Å². The fourth-order valence-corrected chi connectivity index (χ4v) is 3.00. The van der Waals surface area contributed by atoms with Gasteiger partial charge in [-0.05, 0) is 39.0 Å². The number of ketones is 1. The molecule has 0 N–H and O–H groups in total. The molecule has 1 aromatic carbocycles. The number of benzene rings is 1. The van der Waals surface area contributed by atoms with Crippen molar-refractivity contribution < 1.29 is 18.7 Å². The average molecular weight is 372 g/mol. The summed E-state index contributed by atoms with van der Waals surface area (Å²) in [6.07, 6.45) is 0. The normalized spacial score (nSPS) is 10.8. The molecule has 0 amide bonds. The van der Waals surface area contributed by atoms with Gasteiger partial charge in [0.15, 0.2) is 6.61 Å². The molecule has 7 heteroatoms. The number of nitrogens with zero attached hydrogens (tertiary/aromatic N) is 1. The van der Waals surface area contributed by atoms with E-state index in [0.717, 1.165) is 30.1 Å². The quantitative estimate of drug-likeness (QED) is 0.438. The summed E-state index contributed by atoms with van der Waals surface area (Å²) in [6.45, 7) is 6.00. The number of rotatable bonds is 5. The van der Waals surface area contributed by atoms with Gasteiger partial charge in [-0.3, -0.25) is 4.79 Å². The lowest BCUT2D eigenvalue weighted by atomic mass is 10.1. The van der Waals surface area contributed by atoms with Gasteiger partial charge in [-0.25, -0.2) is 9.18 Å². The van der Waals surface area contributed by atoms with E-state index in [-0.39, 0.29) is 21.4 Å². The molecule has 0 spiro atoms. The molecule has 1 heterocycles. The molecule has 0 unspecified atom stereocenters. The van der Waals surface area contributed by atoms with Crippen LogP contribution in [0.4, 0.5) is 4.39 Å². The highest BCUT2D eigenvalue weighted by Gasteiger charge is 2.19. The summed E-state index contributed by atoms with van der Waals surface area (Å²) in [7, 11) is 0. The Kier molecular flexibility index (Phi) is 5.67. The summed E-state index contributed by atoms with van der Waals surface area (Å²) in [5.74, 6) is -2.00. The van der Waals surface area contributed by atoms with Crippen molar-refractivity contribution in [3.8, 4) is 0 Å². The molecule has 2 rings (SSSR count). The summed E-state index contributed by atoms with van der Waals surface area (Å²) < 4.78 is 20.4. The molecule has 2 aromatic rings. The molecule has 128 valence electrons. The van der Waals surface area contributed by atoms with Crippen molar-refractivity contribution in [3.63, 3.8) is 0 Å². The summed E-state index contributed by atoms with van der Waals surface area (Å²) in [6, 6.07) is 3.76. The van der Waals surface area contributed by atoms with E-state index in [2.05, 4.69) is 0 Å². The fraction of sp³-hybridized carbons (Fsp3) is 0.294. The van der Waals surface area contributed by atoms with Gasteiger partial charge in [-0.2, -0.15) is 0 Å². The lowest BCUT2D eigenvalue weighted by molar-refractivity contribution is 0.0474. The third-order valence-electron chi connectivity index (χ3n) is 3.75. The van der Waals surface area contributed by atoms with Gasteiger partial charge in [0, 0.05) is 23.5 Å². The van der Waals surface area contributed by atoms with E-state index in [1.807, 2.05) is 25.3 Å². The van der Waals surface area contributed by atoms with Gasteiger partial charge in [0.2, 0.25) is 5.78 Å². The summed E-state index contributed by atoms with van der Waals surface area (Å²) in [4.78, 5) is 24.3. The van der Waals surface area contributed by atoms with Crippen LogP contribution in [-0.4, -0.2) is 22.9 Å². The first-order valence-corrected chi connectivity index (χ1v) is 8.03. The second-order valence-electron chi connectivity index (χ2n) is 5.27. The molecule has 0 radical (unpaired) electrons. The van der Waals surface area contributed by atoms with Gasteiger partial charge in [0.25, 0.3) is 0 Å². The molecule has 0 saturated carbocycles. The molecule has 1 aromatic heterocycles. The number of hydrogen-bond donors (Lipinski definition) is 0.